The lowest BCUT2D eigenvalue weighted by molar-refractivity contribution is 0.526. The molecule has 0 aliphatic carbocycles. The number of nitrogens with one attached hydrogen (secondary N) is 1. The Morgan fingerprint density at radius 2 is 2.10 bits per heavy atom. The first-order chi connectivity index (χ1) is 9.83. The molecule has 100 valence electrons. The molecule has 1 aliphatic heterocycles. The van der Waals surface area contributed by atoms with Gasteiger partial charge in [-0.15, -0.1) is 0 Å². The molecule has 0 radical (unpaired) electrons. The Morgan fingerprint density at radius 3 is 2.95 bits per heavy atom. The highest BCUT2D eigenvalue weighted by Crippen LogP contribution is 2.32. The van der Waals surface area contributed by atoms with E-state index < -0.39 is 0 Å². The standard InChI is InChI=1S/C15H13FN4/c16-10-5-6-11(18-9-10)14-7-8-17-15-19-12-3-1-2-4-13(12)20(14)15/h1-6,9,14H,7-8H2,(H,17,19). The molecule has 3 aromatic rings. The Hall–Kier alpha value is -2.43. The number of halogens is 1. The number of rotatable bonds is 1. The molecule has 0 amide bonds. The van der Waals surface area contributed by atoms with E-state index in [0.29, 0.717) is 0 Å². The largest absolute Gasteiger partial charge is 0.356 e. The highest BCUT2D eigenvalue weighted by Gasteiger charge is 2.25. The van der Waals surface area contributed by atoms with Crippen molar-refractivity contribution in [3.8, 4) is 0 Å². The van der Waals surface area contributed by atoms with Crippen LogP contribution in [0.5, 0.6) is 0 Å². The summed E-state index contributed by atoms with van der Waals surface area (Å²) in [7, 11) is 0. The van der Waals surface area contributed by atoms with Crippen LogP contribution in [0, 0.1) is 5.82 Å². The van der Waals surface area contributed by atoms with Crippen molar-refractivity contribution in [3.05, 3.63) is 54.1 Å². The molecule has 3 heterocycles. The molecule has 20 heavy (non-hydrogen) atoms. The second-order valence-electron chi connectivity index (χ2n) is 4.93. The van der Waals surface area contributed by atoms with E-state index in [2.05, 4.69) is 25.9 Å². The number of hydrogen-bond acceptors (Lipinski definition) is 3. The number of anilines is 1. The van der Waals surface area contributed by atoms with Crippen LogP contribution in [0.15, 0.2) is 42.6 Å². The minimum Gasteiger partial charge on any atom is -0.356 e. The monoisotopic (exact) mass is 268 g/mol. The van der Waals surface area contributed by atoms with Gasteiger partial charge >= 0.3 is 0 Å². The van der Waals surface area contributed by atoms with E-state index in [0.717, 1.165) is 35.6 Å². The summed E-state index contributed by atoms with van der Waals surface area (Å²) in [5.41, 5.74) is 2.91. The zero-order valence-corrected chi connectivity index (χ0v) is 10.8. The Labute approximate surface area is 115 Å². The van der Waals surface area contributed by atoms with Gasteiger partial charge in [0.05, 0.1) is 29.0 Å². The molecule has 1 aromatic carbocycles. The summed E-state index contributed by atoms with van der Waals surface area (Å²) in [5, 5.41) is 3.31. The Morgan fingerprint density at radius 1 is 1.20 bits per heavy atom. The van der Waals surface area contributed by atoms with Gasteiger partial charge in [-0.3, -0.25) is 4.98 Å². The fourth-order valence-electron chi connectivity index (χ4n) is 2.80. The van der Waals surface area contributed by atoms with Crippen molar-refractivity contribution in [2.24, 2.45) is 0 Å². The van der Waals surface area contributed by atoms with Crippen LogP contribution in [0.2, 0.25) is 0 Å². The number of fused-ring (bicyclic) bond motifs is 3. The zero-order valence-electron chi connectivity index (χ0n) is 10.8. The second-order valence-corrected chi connectivity index (χ2v) is 4.93. The van der Waals surface area contributed by atoms with Crippen molar-refractivity contribution < 1.29 is 4.39 Å². The van der Waals surface area contributed by atoms with Gasteiger partial charge in [-0.25, -0.2) is 9.37 Å². The molecule has 2 aromatic heterocycles. The Kier molecular flexibility index (Phi) is 2.45. The molecule has 1 unspecified atom stereocenters. The lowest BCUT2D eigenvalue weighted by Gasteiger charge is -2.26. The summed E-state index contributed by atoms with van der Waals surface area (Å²) in [4.78, 5) is 8.83. The molecule has 1 atom stereocenters. The SMILES string of the molecule is Fc1ccc(C2CCNc3nc4ccccc4n32)nc1. The molecule has 4 nitrogen and oxygen atoms in total. The van der Waals surface area contributed by atoms with Crippen LogP contribution < -0.4 is 5.32 Å². The van der Waals surface area contributed by atoms with Crippen molar-refractivity contribution >= 4 is 17.0 Å². The highest BCUT2D eigenvalue weighted by molar-refractivity contribution is 5.79. The molecule has 1 aliphatic rings. The lowest BCUT2D eigenvalue weighted by Crippen LogP contribution is -2.24. The van der Waals surface area contributed by atoms with Gasteiger partial charge in [0.25, 0.3) is 0 Å². The molecule has 0 saturated carbocycles. The minimum atomic E-state index is -0.307. The van der Waals surface area contributed by atoms with E-state index in [-0.39, 0.29) is 11.9 Å². The minimum absolute atomic E-state index is 0.0965. The van der Waals surface area contributed by atoms with Gasteiger partial charge in [-0.2, -0.15) is 0 Å². The quantitative estimate of drug-likeness (QED) is 0.737. The number of pyridine rings is 1. The van der Waals surface area contributed by atoms with E-state index in [1.54, 1.807) is 6.07 Å². The summed E-state index contributed by atoms with van der Waals surface area (Å²) in [6.45, 7) is 0.840. The highest BCUT2D eigenvalue weighted by atomic mass is 19.1. The number of benzene rings is 1. The van der Waals surface area contributed by atoms with Gasteiger partial charge in [-0.1, -0.05) is 12.1 Å². The molecule has 0 spiro atoms. The van der Waals surface area contributed by atoms with E-state index in [4.69, 9.17) is 0 Å². The number of para-hydroxylation sites is 2. The van der Waals surface area contributed by atoms with E-state index >= 15 is 0 Å². The lowest BCUT2D eigenvalue weighted by atomic mass is 10.1. The van der Waals surface area contributed by atoms with Gasteiger partial charge in [0.1, 0.15) is 5.82 Å². The van der Waals surface area contributed by atoms with E-state index in [1.165, 1.54) is 12.3 Å². The average molecular weight is 268 g/mol. The molecule has 5 heteroatoms. The third kappa shape index (κ3) is 1.66. The Bertz CT molecular complexity index is 763. The van der Waals surface area contributed by atoms with Gasteiger partial charge in [-0.05, 0) is 30.7 Å². The van der Waals surface area contributed by atoms with Crippen molar-refractivity contribution in [3.63, 3.8) is 0 Å². The second kappa shape index (κ2) is 4.30. The molecular formula is C15H13FN4. The topological polar surface area (TPSA) is 42.7 Å². The summed E-state index contributed by atoms with van der Waals surface area (Å²) in [6, 6.07) is 11.3. The van der Waals surface area contributed by atoms with Gasteiger partial charge in [0, 0.05) is 6.54 Å². The maximum absolute atomic E-state index is 13.0. The van der Waals surface area contributed by atoms with Crippen LogP contribution in [0.1, 0.15) is 18.2 Å². The van der Waals surface area contributed by atoms with Crippen LogP contribution in [0.25, 0.3) is 11.0 Å². The third-order valence-electron chi connectivity index (χ3n) is 3.70. The normalized spacial score (nSPS) is 17.8. The van der Waals surface area contributed by atoms with Crippen molar-refractivity contribution in [2.45, 2.75) is 12.5 Å². The van der Waals surface area contributed by atoms with E-state index in [9.17, 15) is 4.39 Å². The predicted octanol–water partition coefficient (Wildman–Crippen LogP) is 2.98. The molecular weight excluding hydrogens is 255 g/mol. The van der Waals surface area contributed by atoms with Gasteiger partial charge in [0.2, 0.25) is 5.95 Å². The fraction of sp³-hybridized carbons (Fsp3) is 0.200. The smallest absolute Gasteiger partial charge is 0.204 e. The number of nitrogens with zero attached hydrogens (tertiary/aromatic N) is 3. The molecule has 0 bridgehead atoms. The zero-order chi connectivity index (χ0) is 13.5. The average Bonchev–Trinajstić information content (AvgIpc) is 2.86. The fourth-order valence-corrected chi connectivity index (χ4v) is 2.80. The predicted molar refractivity (Wildman–Crippen MR) is 75.2 cm³/mol. The number of hydrogen-bond donors (Lipinski definition) is 1. The third-order valence-corrected chi connectivity index (χ3v) is 3.70. The van der Waals surface area contributed by atoms with Crippen LogP contribution in [0.4, 0.5) is 10.3 Å². The van der Waals surface area contributed by atoms with Crippen molar-refractivity contribution in [2.75, 3.05) is 11.9 Å². The van der Waals surface area contributed by atoms with Gasteiger partial charge < -0.3 is 9.88 Å². The summed E-state index contributed by atoms with van der Waals surface area (Å²) < 4.78 is 15.2. The first-order valence-corrected chi connectivity index (χ1v) is 6.65. The van der Waals surface area contributed by atoms with Gasteiger partial charge in [0.15, 0.2) is 0 Å². The van der Waals surface area contributed by atoms with Crippen molar-refractivity contribution in [1.82, 2.24) is 14.5 Å². The molecule has 0 saturated heterocycles. The van der Waals surface area contributed by atoms with Crippen LogP contribution in [-0.4, -0.2) is 21.1 Å². The molecule has 0 fully saturated rings. The van der Waals surface area contributed by atoms with Crippen LogP contribution in [-0.2, 0) is 0 Å². The first-order valence-electron chi connectivity index (χ1n) is 6.65. The number of aromatic nitrogens is 3. The van der Waals surface area contributed by atoms with Crippen molar-refractivity contribution in [1.29, 1.82) is 0 Å². The van der Waals surface area contributed by atoms with Crippen LogP contribution >= 0.6 is 0 Å². The molecule has 1 N–H and O–H groups in total. The maximum Gasteiger partial charge on any atom is 0.204 e. The van der Waals surface area contributed by atoms with Crippen LogP contribution in [0.3, 0.4) is 0 Å². The maximum atomic E-state index is 13.0. The summed E-state index contributed by atoms with van der Waals surface area (Å²) >= 11 is 0. The number of imidazole rings is 1. The van der Waals surface area contributed by atoms with E-state index in [1.807, 2.05) is 18.2 Å². The first kappa shape index (κ1) is 11.4. The summed E-state index contributed by atoms with van der Waals surface area (Å²) in [5.74, 6) is 0.548. The summed E-state index contributed by atoms with van der Waals surface area (Å²) in [6.07, 6.45) is 2.18. The molecule has 4 rings (SSSR count). The Balaban J connectivity index is 1.90.